The number of fused-ring (bicyclic) bond motifs is 1. The molecular formula is C19H26N4O. The number of hydrogen-bond acceptors (Lipinski definition) is 3. The van der Waals surface area contributed by atoms with Crippen molar-refractivity contribution in [1.29, 1.82) is 0 Å². The van der Waals surface area contributed by atoms with Crippen LogP contribution in [0.2, 0.25) is 0 Å². The number of aryl methyl sites for hydroxylation is 1. The Bertz CT molecular complexity index is 757. The lowest BCUT2D eigenvalue weighted by atomic mass is 10.0. The second-order valence-corrected chi connectivity index (χ2v) is 7.64. The summed E-state index contributed by atoms with van der Waals surface area (Å²) in [4.78, 5) is 14.7. The minimum Gasteiger partial charge on any atom is -0.361 e. The van der Waals surface area contributed by atoms with Crippen molar-refractivity contribution >= 4 is 17.4 Å². The second kappa shape index (κ2) is 5.96. The van der Waals surface area contributed by atoms with Gasteiger partial charge >= 0.3 is 0 Å². The molecule has 3 rings (SSSR count). The molecule has 24 heavy (non-hydrogen) atoms. The van der Waals surface area contributed by atoms with E-state index in [1.165, 1.54) is 11.3 Å². The van der Waals surface area contributed by atoms with E-state index in [2.05, 4.69) is 61.2 Å². The summed E-state index contributed by atoms with van der Waals surface area (Å²) >= 11 is 0. The van der Waals surface area contributed by atoms with E-state index in [1.54, 1.807) is 0 Å². The fraction of sp³-hybridized carbons (Fsp3) is 0.474. The van der Waals surface area contributed by atoms with Gasteiger partial charge in [-0.15, -0.1) is 0 Å². The summed E-state index contributed by atoms with van der Waals surface area (Å²) in [6.45, 7) is 11.6. The van der Waals surface area contributed by atoms with E-state index in [0.717, 1.165) is 18.1 Å². The van der Waals surface area contributed by atoms with E-state index >= 15 is 0 Å². The normalized spacial score (nSPS) is 17.0. The van der Waals surface area contributed by atoms with Crippen LogP contribution in [0, 0.1) is 6.92 Å². The van der Waals surface area contributed by atoms with Gasteiger partial charge < -0.3 is 10.2 Å². The van der Waals surface area contributed by atoms with Crippen LogP contribution in [0.25, 0.3) is 0 Å². The van der Waals surface area contributed by atoms with Crippen molar-refractivity contribution in [2.24, 2.45) is 0 Å². The molecule has 1 aliphatic rings. The molecule has 2 aromatic rings. The Labute approximate surface area is 143 Å². The van der Waals surface area contributed by atoms with E-state index in [4.69, 9.17) is 0 Å². The monoisotopic (exact) mass is 326 g/mol. The molecule has 5 heteroatoms. The summed E-state index contributed by atoms with van der Waals surface area (Å²) in [5.74, 6) is 1.20. The highest BCUT2D eigenvalue weighted by Crippen LogP contribution is 2.35. The van der Waals surface area contributed by atoms with Crippen molar-refractivity contribution in [2.45, 2.75) is 46.1 Å². The molecule has 1 N–H and O–H groups in total. The lowest BCUT2D eigenvalue weighted by Gasteiger charge is -2.23. The highest BCUT2D eigenvalue weighted by Gasteiger charge is 2.27. The summed E-state index contributed by atoms with van der Waals surface area (Å²) in [6.07, 6.45) is 0. The van der Waals surface area contributed by atoms with Crippen LogP contribution >= 0.6 is 0 Å². The number of rotatable bonds is 3. The van der Waals surface area contributed by atoms with Crippen molar-refractivity contribution in [3.05, 3.63) is 41.6 Å². The van der Waals surface area contributed by atoms with Crippen LogP contribution in [0.3, 0.4) is 0 Å². The summed E-state index contributed by atoms with van der Waals surface area (Å²) in [7, 11) is 0. The van der Waals surface area contributed by atoms with Gasteiger partial charge in [0.05, 0.1) is 17.8 Å². The topological polar surface area (TPSA) is 50.2 Å². The molecule has 0 fully saturated rings. The van der Waals surface area contributed by atoms with Crippen molar-refractivity contribution in [3.8, 4) is 0 Å². The Morgan fingerprint density at radius 2 is 2.04 bits per heavy atom. The molecule has 1 amide bonds. The zero-order valence-electron chi connectivity index (χ0n) is 15.1. The van der Waals surface area contributed by atoms with Crippen molar-refractivity contribution < 1.29 is 4.79 Å². The Hall–Kier alpha value is -2.30. The zero-order valence-corrected chi connectivity index (χ0v) is 15.1. The molecule has 0 spiro atoms. The van der Waals surface area contributed by atoms with Gasteiger partial charge in [0.15, 0.2) is 0 Å². The fourth-order valence-corrected chi connectivity index (χ4v) is 3.32. The van der Waals surface area contributed by atoms with Crippen molar-refractivity contribution in [1.82, 2.24) is 9.78 Å². The van der Waals surface area contributed by atoms with Gasteiger partial charge in [0, 0.05) is 24.2 Å². The lowest BCUT2D eigenvalue weighted by Crippen LogP contribution is -2.34. The van der Waals surface area contributed by atoms with Gasteiger partial charge in [0.25, 0.3) is 0 Å². The molecule has 1 aromatic heterocycles. The number of aromatic nitrogens is 2. The standard InChI is InChI=1S/C19H26N4O/c1-13-11-22(16-9-7-6-8-15(13)16)12-18(24)20-17-10-14(2)21-23(17)19(3,4)5/h6-10,13H,11-12H2,1-5H3,(H,20,24). The first-order valence-corrected chi connectivity index (χ1v) is 8.46. The smallest absolute Gasteiger partial charge is 0.245 e. The molecule has 0 radical (unpaired) electrons. The number of benzene rings is 1. The SMILES string of the molecule is Cc1cc(NC(=O)CN2CC(C)c3ccccc32)n(C(C)(C)C)n1. The van der Waals surface area contributed by atoms with Gasteiger partial charge in [-0.05, 0) is 39.3 Å². The van der Waals surface area contributed by atoms with Crippen LogP contribution in [0.5, 0.6) is 0 Å². The third-order valence-electron chi connectivity index (χ3n) is 4.37. The van der Waals surface area contributed by atoms with Crippen molar-refractivity contribution in [3.63, 3.8) is 0 Å². The molecule has 0 aliphatic carbocycles. The highest BCUT2D eigenvalue weighted by atomic mass is 16.2. The molecule has 0 saturated carbocycles. The molecule has 5 nitrogen and oxygen atoms in total. The maximum absolute atomic E-state index is 12.6. The van der Waals surface area contributed by atoms with Crippen LogP contribution in [0.1, 0.15) is 44.9 Å². The Kier molecular flexibility index (Phi) is 4.11. The van der Waals surface area contributed by atoms with Gasteiger partial charge in [0.2, 0.25) is 5.91 Å². The molecule has 1 atom stereocenters. The Morgan fingerprint density at radius 1 is 1.33 bits per heavy atom. The summed E-state index contributed by atoms with van der Waals surface area (Å²) in [6, 6.07) is 10.2. The van der Waals surface area contributed by atoms with E-state index in [1.807, 2.05) is 23.7 Å². The maximum atomic E-state index is 12.6. The van der Waals surface area contributed by atoms with E-state index < -0.39 is 0 Å². The van der Waals surface area contributed by atoms with Gasteiger partial charge in [0.1, 0.15) is 5.82 Å². The van der Waals surface area contributed by atoms with Crippen molar-refractivity contribution in [2.75, 3.05) is 23.3 Å². The van der Waals surface area contributed by atoms with Crippen LogP contribution in [-0.4, -0.2) is 28.8 Å². The Morgan fingerprint density at radius 3 is 2.75 bits per heavy atom. The number of nitrogens with zero attached hydrogens (tertiary/aromatic N) is 3. The second-order valence-electron chi connectivity index (χ2n) is 7.64. The Balaban J connectivity index is 1.74. The number of anilines is 2. The van der Waals surface area contributed by atoms with Crippen LogP contribution < -0.4 is 10.2 Å². The molecule has 0 bridgehead atoms. The van der Waals surface area contributed by atoms with Gasteiger partial charge in [-0.3, -0.25) is 4.79 Å². The number of carbonyl (C=O) groups is 1. The van der Waals surface area contributed by atoms with Gasteiger partial charge in [-0.25, -0.2) is 4.68 Å². The number of carbonyl (C=O) groups excluding carboxylic acids is 1. The number of hydrogen-bond donors (Lipinski definition) is 1. The average molecular weight is 326 g/mol. The first-order chi connectivity index (χ1) is 11.3. The molecule has 128 valence electrons. The van der Waals surface area contributed by atoms with Crippen LogP contribution in [0.4, 0.5) is 11.5 Å². The van der Waals surface area contributed by atoms with Gasteiger partial charge in [-0.1, -0.05) is 25.1 Å². The minimum atomic E-state index is -0.175. The highest BCUT2D eigenvalue weighted by molar-refractivity contribution is 5.94. The third kappa shape index (κ3) is 3.16. The zero-order chi connectivity index (χ0) is 17.5. The predicted molar refractivity (Wildman–Crippen MR) is 97.7 cm³/mol. The molecule has 1 aliphatic heterocycles. The summed E-state index contributed by atoms with van der Waals surface area (Å²) < 4.78 is 1.88. The lowest BCUT2D eigenvalue weighted by molar-refractivity contribution is -0.115. The van der Waals surface area contributed by atoms with Crippen LogP contribution in [0.15, 0.2) is 30.3 Å². The predicted octanol–water partition coefficient (Wildman–Crippen LogP) is 3.51. The fourth-order valence-electron chi connectivity index (χ4n) is 3.32. The molecular weight excluding hydrogens is 300 g/mol. The number of nitrogens with one attached hydrogen (secondary N) is 1. The molecule has 2 heterocycles. The largest absolute Gasteiger partial charge is 0.361 e. The molecule has 1 unspecified atom stereocenters. The maximum Gasteiger partial charge on any atom is 0.245 e. The molecule has 1 aromatic carbocycles. The summed E-state index contributed by atoms with van der Waals surface area (Å²) in [5.41, 5.74) is 3.22. The average Bonchev–Trinajstić information content (AvgIpc) is 3.00. The minimum absolute atomic E-state index is 0.00990. The number of para-hydroxylation sites is 1. The first-order valence-electron chi connectivity index (χ1n) is 8.46. The molecule has 0 saturated heterocycles. The van der Waals surface area contributed by atoms with Gasteiger partial charge in [-0.2, -0.15) is 5.10 Å². The third-order valence-corrected chi connectivity index (χ3v) is 4.37. The first kappa shape index (κ1) is 16.6. The summed E-state index contributed by atoms with van der Waals surface area (Å²) in [5, 5.41) is 7.53. The van der Waals surface area contributed by atoms with E-state index in [9.17, 15) is 4.79 Å². The van der Waals surface area contributed by atoms with E-state index in [0.29, 0.717) is 12.5 Å². The quantitative estimate of drug-likeness (QED) is 0.939. The van der Waals surface area contributed by atoms with Crippen LogP contribution in [-0.2, 0) is 10.3 Å². The number of amides is 1. The van der Waals surface area contributed by atoms with E-state index in [-0.39, 0.29) is 11.4 Å².